The van der Waals surface area contributed by atoms with E-state index < -0.39 is 36.5 Å². The van der Waals surface area contributed by atoms with E-state index in [4.69, 9.17) is 4.42 Å². The normalized spacial score (nSPS) is 12.5. The highest BCUT2D eigenvalue weighted by Crippen LogP contribution is 2.42. The third-order valence-corrected chi connectivity index (χ3v) is 10.4. The fraction of sp³-hybridized carbons (Fsp3) is 0.478. The fourth-order valence-corrected chi connectivity index (χ4v) is 6.99. The fourth-order valence-electron chi connectivity index (χ4n) is 6.99. The van der Waals surface area contributed by atoms with Crippen molar-refractivity contribution < 1.29 is 34.1 Å². The van der Waals surface area contributed by atoms with Crippen LogP contribution in [0, 0.1) is 0 Å². The smallest absolute Gasteiger partial charge is 0.251 e. The molecule has 2 aromatic rings. The number of unbranched alkanes of at least 4 members (excludes halogenated alkanes) is 11. The molecular weight excluding hydrogens is 721 g/mol. The molecule has 57 heavy (non-hydrogen) atoms. The van der Waals surface area contributed by atoms with Crippen LogP contribution in [0.3, 0.4) is 0 Å². The molecular formula is C46H62N4O7. The van der Waals surface area contributed by atoms with E-state index in [1.807, 2.05) is 80.1 Å². The van der Waals surface area contributed by atoms with Crippen LogP contribution < -0.4 is 30.6 Å². The van der Waals surface area contributed by atoms with E-state index >= 15 is 0 Å². The number of amides is 2. The standard InChI is InChI=1S/C46H62N4O7/c1-6-7-8-9-10-11-12-13-14-15-16-17-18-19-40(52)39(31-51)48-43(53)26-27-47-45(54)32-20-23-35(46(55)56)38(28-32)44-36-24-21-33(49(2)3)29-41(36)57-42-30-34(50(4)5)22-25-37(42)44/h18-25,28-30,39-40,51-52H,6-17,26-27,31H2,1-5H3,(H2-,47,48,53,54,55,56)/b19-18+/t39-,40+/m0/s1. The van der Waals surface area contributed by atoms with Crippen LogP contribution >= 0.6 is 0 Å². The number of rotatable bonds is 23. The molecule has 0 saturated carbocycles. The van der Waals surface area contributed by atoms with Crippen LogP contribution in [0.5, 0.6) is 0 Å². The van der Waals surface area contributed by atoms with Gasteiger partial charge in [-0.3, -0.25) is 9.59 Å². The van der Waals surface area contributed by atoms with Crippen LogP contribution in [0.15, 0.2) is 71.2 Å². The van der Waals surface area contributed by atoms with Crippen LogP contribution in [0.4, 0.5) is 5.69 Å². The topological polar surface area (TPSA) is 158 Å². The molecule has 0 spiro atoms. The summed E-state index contributed by atoms with van der Waals surface area (Å²) in [6.45, 7) is 1.77. The van der Waals surface area contributed by atoms with Crippen molar-refractivity contribution in [3.63, 3.8) is 0 Å². The van der Waals surface area contributed by atoms with E-state index in [0.717, 1.165) is 30.3 Å². The predicted molar refractivity (Wildman–Crippen MR) is 226 cm³/mol. The third kappa shape index (κ3) is 13.0. The summed E-state index contributed by atoms with van der Waals surface area (Å²) in [5, 5.41) is 39.9. The molecule has 11 nitrogen and oxygen atoms in total. The number of benzene rings is 3. The van der Waals surface area contributed by atoms with Crippen molar-refractivity contribution in [2.24, 2.45) is 0 Å². The summed E-state index contributed by atoms with van der Waals surface area (Å²) in [6.07, 6.45) is 17.0. The summed E-state index contributed by atoms with van der Waals surface area (Å²) in [5.74, 6) is -1.80. The quantitative estimate of drug-likeness (QED) is 0.0315. The van der Waals surface area contributed by atoms with Gasteiger partial charge in [-0.1, -0.05) is 89.4 Å². The number of carbonyl (C=O) groups excluding carboxylic acids is 3. The lowest BCUT2D eigenvalue weighted by Gasteiger charge is -2.20. The number of carboxylic acids is 1. The van der Waals surface area contributed by atoms with E-state index in [2.05, 4.69) is 17.6 Å². The van der Waals surface area contributed by atoms with Gasteiger partial charge in [-0.2, -0.15) is 0 Å². The lowest BCUT2D eigenvalue weighted by molar-refractivity contribution is -0.254. The average Bonchev–Trinajstić information content (AvgIpc) is 3.19. The zero-order chi connectivity index (χ0) is 41.3. The maximum absolute atomic E-state index is 13.4. The molecule has 11 heteroatoms. The van der Waals surface area contributed by atoms with Gasteiger partial charge < -0.3 is 40.1 Å². The molecule has 0 fully saturated rings. The minimum absolute atomic E-state index is 0.0259. The molecule has 0 unspecified atom stereocenters. The van der Waals surface area contributed by atoms with Gasteiger partial charge >= 0.3 is 0 Å². The van der Waals surface area contributed by atoms with Gasteiger partial charge in [0.15, 0.2) is 0 Å². The zero-order valence-electron chi connectivity index (χ0n) is 34.4. The van der Waals surface area contributed by atoms with E-state index in [1.165, 1.54) is 76.0 Å². The molecule has 0 bridgehead atoms. The second-order valence-corrected chi connectivity index (χ2v) is 15.3. The number of nitrogens with zero attached hydrogens (tertiary/aromatic N) is 2. The lowest BCUT2D eigenvalue weighted by atomic mass is 9.89. The molecule has 308 valence electrons. The minimum Gasteiger partial charge on any atom is -0.545 e. The largest absolute Gasteiger partial charge is 0.545 e. The SMILES string of the molecule is CCCCCCCCCCCCC/C=C/[C@@H](O)[C@H](CO)NC(=O)CCNC(=O)c1ccc(C(=O)[O-])c(-c2c3ccc(=[N+](C)C)cc-3oc3cc(N(C)C)ccc23)c1. The molecule has 1 aliphatic carbocycles. The number of hydrogen-bond donors (Lipinski definition) is 4. The zero-order valence-corrected chi connectivity index (χ0v) is 34.4. The summed E-state index contributed by atoms with van der Waals surface area (Å²) in [6, 6.07) is 14.8. The summed E-state index contributed by atoms with van der Waals surface area (Å²) < 4.78 is 8.32. The molecule has 2 aromatic carbocycles. The highest BCUT2D eigenvalue weighted by atomic mass is 16.4. The van der Waals surface area contributed by atoms with Crippen molar-refractivity contribution in [3.8, 4) is 22.5 Å². The molecule has 4 N–H and O–H groups in total. The second kappa shape index (κ2) is 22.7. The summed E-state index contributed by atoms with van der Waals surface area (Å²) in [4.78, 5) is 40.6. The first-order valence-corrected chi connectivity index (χ1v) is 20.5. The Morgan fingerprint density at radius 1 is 0.877 bits per heavy atom. The lowest BCUT2D eigenvalue weighted by Crippen LogP contribution is -2.45. The third-order valence-electron chi connectivity index (χ3n) is 10.4. The van der Waals surface area contributed by atoms with Crippen molar-refractivity contribution in [1.29, 1.82) is 0 Å². The number of allylic oxidation sites excluding steroid dienone is 1. The van der Waals surface area contributed by atoms with Crippen LogP contribution in [0.25, 0.3) is 33.4 Å². The van der Waals surface area contributed by atoms with Crippen molar-refractivity contribution in [2.75, 3.05) is 46.2 Å². The van der Waals surface area contributed by atoms with E-state index in [-0.39, 0.29) is 29.7 Å². The van der Waals surface area contributed by atoms with Crippen molar-refractivity contribution in [1.82, 2.24) is 15.2 Å². The number of fused-ring (bicyclic) bond motifs is 2. The van der Waals surface area contributed by atoms with Crippen LogP contribution in [0.2, 0.25) is 0 Å². The van der Waals surface area contributed by atoms with Gasteiger partial charge in [0.2, 0.25) is 11.3 Å². The minimum atomic E-state index is -1.39. The number of nitrogens with one attached hydrogen (secondary N) is 2. The van der Waals surface area contributed by atoms with Gasteiger partial charge in [0.05, 0.1) is 30.8 Å². The molecule has 1 aliphatic heterocycles. The Hall–Kier alpha value is -5.00. The van der Waals surface area contributed by atoms with E-state index in [9.17, 15) is 29.7 Å². The van der Waals surface area contributed by atoms with Gasteiger partial charge in [0, 0.05) is 72.5 Å². The molecule has 2 aliphatic rings. The van der Waals surface area contributed by atoms with Crippen LogP contribution in [0.1, 0.15) is 111 Å². The first kappa shape index (κ1) is 44.7. The Balaban J connectivity index is 1.37. The highest BCUT2D eigenvalue weighted by Gasteiger charge is 2.23. The number of aliphatic hydroxyl groups is 2. The van der Waals surface area contributed by atoms with Gasteiger partial charge in [0.25, 0.3) is 5.91 Å². The molecule has 0 aromatic heterocycles. The number of carboxylic acid groups (broad SMARTS) is 1. The van der Waals surface area contributed by atoms with Gasteiger partial charge in [-0.15, -0.1) is 0 Å². The summed E-state index contributed by atoms with van der Waals surface area (Å²) in [5.41, 5.74) is 3.06. The maximum Gasteiger partial charge on any atom is 0.251 e. The second-order valence-electron chi connectivity index (χ2n) is 15.3. The molecule has 0 saturated heterocycles. The van der Waals surface area contributed by atoms with Crippen LogP contribution in [-0.2, 0) is 4.79 Å². The number of hydrogen-bond acceptors (Lipinski definition) is 8. The molecule has 4 rings (SSSR count). The maximum atomic E-state index is 13.4. The summed E-state index contributed by atoms with van der Waals surface area (Å²) in [7, 11) is 7.67. The predicted octanol–water partition coefficient (Wildman–Crippen LogP) is 5.88. The van der Waals surface area contributed by atoms with Crippen molar-refractivity contribution >= 4 is 34.4 Å². The Morgan fingerprint density at radius 2 is 1.56 bits per heavy atom. The highest BCUT2D eigenvalue weighted by molar-refractivity contribution is 6.09. The first-order valence-electron chi connectivity index (χ1n) is 20.5. The number of anilines is 1. The average molecular weight is 783 g/mol. The Kier molecular flexibility index (Phi) is 17.8. The number of carbonyl (C=O) groups is 3. The molecule has 0 radical (unpaired) electrons. The van der Waals surface area contributed by atoms with Crippen molar-refractivity contribution in [3.05, 3.63) is 83.2 Å². The van der Waals surface area contributed by atoms with Gasteiger partial charge in [-0.25, -0.2) is 4.58 Å². The van der Waals surface area contributed by atoms with Crippen LogP contribution in [-0.4, -0.2) is 81.5 Å². The number of aromatic carboxylic acids is 1. The Bertz CT molecular complexity index is 2010. The van der Waals surface area contributed by atoms with Gasteiger partial charge in [-0.05, 0) is 48.7 Å². The van der Waals surface area contributed by atoms with Crippen molar-refractivity contribution in [2.45, 2.75) is 103 Å². The Labute approximate surface area is 337 Å². The number of aliphatic hydroxyl groups excluding tert-OH is 2. The summed E-state index contributed by atoms with van der Waals surface area (Å²) >= 11 is 0. The molecule has 2 atom stereocenters. The molecule has 1 heterocycles. The monoisotopic (exact) mass is 782 g/mol. The first-order chi connectivity index (χ1) is 27.4. The van der Waals surface area contributed by atoms with E-state index in [1.54, 1.807) is 6.08 Å². The Morgan fingerprint density at radius 3 is 2.19 bits per heavy atom. The van der Waals surface area contributed by atoms with E-state index in [0.29, 0.717) is 27.9 Å². The molecule has 2 amide bonds. The van der Waals surface area contributed by atoms with Gasteiger partial charge in [0.1, 0.15) is 25.4 Å².